The molecular formula is C13H18BrCl. The molecule has 0 N–H and O–H groups in total. The molecule has 2 heteroatoms. The summed E-state index contributed by atoms with van der Waals surface area (Å²) in [6.07, 6.45) is 2.34. The Labute approximate surface area is 106 Å². The molecule has 0 saturated heterocycles. The highest BCUT2D eigenvalue weighted by atomic mass is 79.9. The first kappa shape index (κ1) is 13.1. The summed E-state index contributed by atoms with van der Waals surface area (Å²) in [5.74, 6) is 0.708. The maximum atomic E-state index is 5.99. The zero-order valence-corrected chi connectivity index (χ0v) is 11.9. The Morgan fingerprint density at radius 2 is 2.00 bits per heavy atom. The number of rotatable bonds is 4. The lowest BCUT2D eigenvalue weighted by Gasteiger charge is -2.13. The van der Waals surface area contributed by atoms with Crippen LogP contribution < -0.4 is 0 Å². The van der Waals surface area contributed by atoms with E-state index in [1.54, 1.807) is 0 Å². The van der Waals surface area contributed by atoms with E-state index in [0.717, 1.165) is 11.4 Å². The van der Waals surface area contributed by atoms with E-state index in [2.05, 4.69) is 48.8 Å². The lowest BCUT2D eigenvalue weighted by molar-refractivity contribution is 0.532. The average molecular weight is 290 g/mol. The highest BCUT2D eigenvalue weighted by Crippen LogP contribution is 2.21. The van der Waals surface area contributed by atoms with Gasteiger partial charge in [0.05, 0.1) is 0 Å². The van der Waals surface area contributed by atoms with Crippen LogP contribution in [-0.4, -0.2) is 4.83 Å². The van der Waals surface area contributed by atoms with Crippen LogP contribution in [0.5, 0.6) is 0 Å². The third kappa shape index (κ3) is 4.56. The Bertz CT molecular complexity index is 320. The van der Waals surface area contributed by atoms with E-state index in [1.807, 2.05) is 6.07 Å². The molecule has 0 fully saturated rings. The van der Waals surface area contributed by atoms with Crippen molar-refractivity contribution < 1.29 is 0 Å². The van der Waals surface area contributed by atoms with Crippen molar-refractivity contribution in [1.29, 1.82) is 0 Å². The first-order valence-corrected chi connectivity index (χ1v) is 6.67. The van der Waals surface area contributed by atoms with E-state index in [0.29, 0.717) is 10.7 Å². The fraction of sp³-hybridized carbons (Fsp3) is 0.538. The van der Waals surface area contributed by atoms with Crippen LogP contribution in [0, 0.1) is 12.8 Å². The Morgan fingerprint density at radius 3 is 2.53 bits per heavy atom. The molecule has 2 unspecified atom stereocenters. The summed E-state index contributed by atoms with van der Waals surface area (Å²) in [6, 6.07) is 6.32. The van der Waals surface area contributed by atoms with Gasteiger partial charge >= 0.3 is 0 Å². The van der Waals surface area contributed by atoms with Crippen LogP contribution in [0.15, 0.2) is 18.2 Å². The van der Waals surface area contributed by atoms with Crippen LogP contribution in [0.25, 0.3) is 0 Å². The largest absolute Gasteiger partial charge is 0.0894 e. The molecule has 84 valence electrons. The summed E-state index contributed by atoms with van der Waals surface area (Å²) in [5.41, 5.74) is 2.56. The molecule has 0 heterocycles. The number of hydrogen-bond acceptors (Lipinski definition) is 0. The molecule has 0 aliphatic rings. The van der Waals surface area contributed by atoms with Gasteiger partial charge in [-0.25, -0.2) is 0 Å². The first-order valence-electron chi connectivity index (χ1n) is 5.38. The fourth-order valence-corrected chi connectivity index (χ4v) is 2.63. The van der Waals surface area contributed by atoms with E-state index in [4.69, 9.17) is 11.6 Å². The molecule has 0 nitrogen and oxygen atoms in total. The average Bonchev–Trinajstić information content (AvgIpc) is 2.10. The number of halogens is 2. The van der Waals surface area contributed by atoms with Gasteiger partial charge in [0.1, 0.15) is 0 Å². The van der Waals surface area contributed by atoms with Crippen LogP contribution in [0.4, 0.5) is 0 Å². The molecule has 0 amide bonds. The minimum Gasteiger partial charge on any atom is -0.0894 e. The zero-order chi connectivity index (χ0) is 11.4. The SMILES string of the molecule is Cc1cc(CC(C)CC(C)Br)ccc1Cl. The van der Waals surface area contributed by atoms with Gasteiger partial charge in [-0.05, 0) is 42.9 Å². The van der Waals surface area contributed by atoms with E-state index >= 15 is 0 Å². The fourth-order valence-electron chi connectivity index (χ4n) is 1.87. The predicted octanol–water partition coefficient (Wildman–Crippen LogP) is 5.00. The molecular weight excluding hydrogens is 271 g/mol. The summed E-state index contributed by atoms with van der Waals surface area (Å²) < 4.78 is 0. The summed E-state index contributed by atoms with van der Waals surface area (Å²) in [6.45, 7) is 6.55. The number of aryl methyl sites for hydroxylation is 1. The summed E-state index contributed by atoms with van der Waals surface area (Å²) in [5, 5.41) is 0.861. The topological polar surface area (TPSA) is 0 Å². The van der Waals surface area contributed by atoms with Crippen molar-refractivity contribution in [3.05, 3.63) is 34.3 Å². The molecule has 0 aliphatic carbocycles. The Morgan fingerprint density at radius 1 is 1.33 bits per heavy atom. The molecule has 0 bridgehead atoms. The van der Waals surface area contributed by atoms with Gasteiger partial charge in [-0.1, -0.05) is 53.5 Å². The smallest absolute Gasteiger partial charge is 0.0435 e. The van der Waals surface area contributed by atoms with Crippen LogP contribution in [0.2, 0.25) is 5.02 Å². The molecule has 0 aliphatic heterocycles. The Hall–Kier alpha value is -0.0100. The van der Waals surface area contributed by atoms with Gasteiger partial charge in [-0.15, -0.1) is 0 Å². The van der Waals surface area contributed by atoms with Gasteiger partial charge in [0.2, 0.25) is 0 Å². The number of alkyl halides is 1. The van der Waals surface area contributed by atoms with E-state index < -0.39 is 0 Å². The summed E-state index contributed by atoms with van der Waals surface area (Å²) >= 11 is 9.59. The van der Waals surface area contributed by atoms with Gasteiger partial charge in [-0.3, -0.25) is 0 Å². The van der Waals surface area contributed by atoms with Crippen molar-refractivity contribution >= 4 is 27.5 Å². The number of hydrogen-bond donors (Lipinski definition) is 0. The second kappa shape index (κ2) is 5.91. The maximum Gasteiger partial charge on any atom is 0.0435 e. The third-order valence-corrected chi connectivity index (χ3v) is 3.33. The van der Waals surface area contributed by atoms with Crippen molar-refractivity contribution in [1.82, 2.24) is 0 Å². The minimum atomic E-state index is 0.598. The standard InChI is InChI=1S/C13H18BrCl/c1-9(6-11(3)14)7-12-4-5-13(15)10(2)8-12/h4-5,8-9,11H,6-7H2,1-3H3. The van der Waals surface area contributed by atoms with Gasteiger partial charge < -0.3 is 0 Å². The highest BCUT2D eigenvalue weighted by molar-refractivity contribution is 9.09. The third-order valence-electron chi connectivity index (χ3n) is 2.53. The second-order valence-electron chi connectivity index (χ2n) is 4.41. The monoisotopic (exact) mass is 288 g/mol. The quantitative estimate of drug-likeness (QED) is 0.684. The molecule has 0 radical (unpaired) electrons. The molecule has 2 atom stereocenters. The second-order valence-corrected chi connectivity index (χ2v) is 6.38. The molecule has 0 spiro atoms. The van der Waals surface area contributed by atoms with E-state index in [-0.39, 0.29) is 0 Å². The van der Waals surface area contributed by atoms with Crippen LogP contribution in [-0.2, 0) is 6.42 Å². The van der Waals surface area contributed by atoms with Gasteiger partial charge in [-0.2, -0.15) is 0 Å². The lowest BCUT2D eigenvalue weighted by atomic mass is 9.96. The highest BCUT2D eigenvalue weighted by Gasteiger charge is 2.07. The Kier molecular flexibility index (Phi) is 5.14. The van der Waals surface area contributed by atoms with Gasteiger partial charge in [0.15, 0.2) is 0 Å². The molecule has 1 aromatic carbocycles. The lowest BCUT2D eigenvalue weighted by Crippen LogP contribution is -2.05. The van der Waals surface area contributed by atoms with Crippen molar-refractivity contribution in [2.75, 3.05) is 0 Å². The maximum absolute atomic E-state index is 5.99. The van der Waals surface area contributed by atoms with Crippen LogP contribution >= 0.6 is 27.5 Å². The van der Waals surface area contributed by atoms with Gasteiger partial charge in [0.25, 0.3) is 0 Å². The van der Waals surface area contributed by atoms with Crippen molar-refractivity contribution in [3.63, 3.8) is 0 Å². The van der Waals surface area contributed by atoms with Crippen molar-refractivity contribution in [2.24, 2.45) is 5.92 Å². The van der Waals surface area contributed by atoms with E-state index in [1.165, 1.54) is 17.5 Å². The Balaban J connectivity index is 2.60. The van der Waals surface area contributed by atoms with E-state index in [9.17, 15) is 0 Å². The van der Waals surface area contributed by atoms with Crippen molar-refractivity contribution in [2.45, 2.75) is 38.4 Å². The van der Waals surface area contributed by atoms with Crippen LogP contribution in [0.3, 0.4) is 0 Å². The normalized spacial score (nSPS) is 15.0. The molecule has 1 rings (SSSR count). The van der Waals surface area contributed by atoms with Crippen molar-refractivity contribution in [3.8, 4) is 0 Å². The van der Waals surface area contributed by atoms with Gasteiger partial charge in [0, 0.05) is 9.85 Å². The number of benzene rings is 1. The molecule has 0 saturated carbocycles. The molecule has 15 heavy (non-hydrogen) atoms. The minimum absolute atomic E-state index is 0.598. The summed E-state index contributed by atoms with van der Waals surface area (Å²) in [7, 11) is 0. The zero-order valence-electron chi connectivity index (χ0n) is 9.56. The van der Waals surface area contributed by atoms with Crippen LogP contribution in [0.1, 0.15) is 31.4 Å². The predicted molar refractivity (Wildman–Crippen MR) is 72.1 cm³/mol. The molecule has 0 aromatic heterocycles. The summed E-state index contributed by atoms with van der Waals surface area (Å²) in [4.78, 5) is 0.598. The first-order chi connectivity index (χ1) is 6.99. The molecule has 1 aromatic rings.